The molecule has 0 heterocycles. The van der Waals surface area contributed by atoms with Crippen molar-refractivity contribution in [2.75, 3.05) is 31.6 Å². The molecule has 0 unspecified atom stereocenters. The summed E-state index contributed by atoms with van der Waals surface area (Å²) in [7, 11) is 0. The molecule has 1 saturated carbocycles. The maximum absolute atomic E-state index is 5.68. The normalized spacial score (nSPS) is 17.8. The summed E-state index contributed by atoms with van der Waals surface area (Å²) in [5.41, 5.74) is 0. The first-order chi connectivity index (χ1) is 8.38. The molecule has 0 N–H and O–H groups in total. The summed E-state index contributed by atoms with van der Waals surface area (Å²) in [5.74, 6) is 0. The number of unbranched alkanes of at least 4 members (excludes halogenated alkanes) is 1. The molecule has 1 fully saturated rings. The molecule has 0 aromatic heterocycles. The molecule has 0 aromatic carbocycles. The number of nitrogens with zero attached hydrogens (tertiary/aromatic N) is 1. The lowest BCUT2D eigenvalue weighted by atomic mass is 9.94. The second-order valence-corrected chi connectivity index (χ2v) is 5.78. The maximum atomic E-state index is 5.68. The average molecular weight is 306 g/mol. The third-order valence-electron chi connectivity index (χ3n) is 3.63. The van der Waals surface area contributed by atoms with Gasteiger partial charge in [0.2, 0.25) is 0 Å². The quantitative estimate of drug-likeness (QED) is 0.474. The van der Waals surface area contributed by atoms with Crippen LogP contribution in [0.3, 0.4) is 0 Å². The maximum Gasteiger partial charge on any atom is 0.0593 e. The zero-order valence-electron chi connectivity index (χ0n) is 11.3. The van der Waals surface area contributed by atoms with E-state index in [0.29, 0.717) is 0 Å². The van der Waals surface area contributed by atoms with Gasteiger partial charge in [0.25, 0.3) is 0 Å². The molecule has 1 aliphatic carbocycles. The summed E-state index contributed by atoms with van der Waals surface area (Å²) in [6.07, 6.45) is 9.48. The van der Waals surface area contributed by atoms with E-state index in [2.05, 4.69) is 27.8 Å². The summed E-state index contributed by atoms with van der Waals surface area (Å²) in [4.78, 5) is 2.62. The van der Waals surface area contributed by atoms with E-state index in [9.17, 15) is 0 Å². The number of alkyl halides is 1. The molecular formula is C14H28BrNO. The van der Waals surface area contributed by atoms with Crippen LogP contribution in [0.5, 0.6) is 0 Å². The fourth-order valence-electron chi connectivity index (χ4n) is 2.56. The Morgan fingerprint density at radius 2 is 1.88 bits per heavy atom. The zero-order valence-corrected chi connectivity index (χ0v) is 12.9. The monoisotopic (exact) mass is 305 g/mol. The zero-order chi connectivity index (χ0) is 12.3. The van der Waals surface area contributed by atoms with Crippen molar-refractivity contribution in [2.45, 2.75) is 57.9 Å². The number of rotatable bonds is 9. The van der Waals surface area contributed by atoms with Crippen LogP contribution in [-0.4, -0.2) is 42.6 Å². The molecule has 102 valence electrons. The van der Waals surface area contributed by atoms with Gasteiger partial charge in [-0.15, -0.1) is 0 Å². The molecule has 17 heavy (non-hydrogen) atoms. The van der Waals surface area contributed by atoms with Crippen LogP contribution in [0.15, 0.2) is 0 Å². The molecule has 1 aliphatic rings. The predicted molar refractivity (Wildman–Crippen MR) is 78.0 cm³/mol. The van der Waals surface area contributed by atoms with Gasteiger partial charge in [0.05, 0.1) is 6.61 Å². The standard InChI is InChI=1S/C14H28BrNO/c1-2-3-12-17-13-11-16(10-9-15)14-7-5-4-6-8-14/h14H,2-13H2,1H3. The van der Waals surface area contributed by atoms with Gasteiger partial charge in [0.15, 0.2) is 0 Å². The van der Waals surface area contributed by atoms with Crippen molar-refractivity contribution in [1.82, 2.24) is 4.90 Å². The predicted octanol–water partition coefficient (Wildman–Crippen LogP) is 3.83. The van der Waals surface area contributed by atoms with Crippen molar-refractivity contribution in [3.8, 4) is 0 Å². The lowest BCUT2D eigenvalue weighted by Gasteiger charge is -2.33. The van der Waals surface area contributed by atoms with Crippen LogP contribution in [0.2, 0.25) is 0 Å². The van der Waals surface area contributed by atoms with Crippen LogP contribution < -0.4 is 0 Å². The Morgan fingerprint density at radius 1 is 1.12 bits per heavy atom. The SMILES string of the molecule is CCCCOCCN(CCBr)C1CCCCC1. The molecule has 0 aromatic rings. The molecule has 0 amide bonds. The fourth-order valence-corrected chi connectivity index (χ4v) is 3.02. The molecule has 0 saturated heterocycles. The third-order valence-corrected chi connectivity index (χ3v) is 3.98. The Kier molecular flexibility index (Phi) is 9.40. The van der Waals surface area contributed by atoms with Crippen LogP contribution in [0, 0.1) is 0 Å². The molecule has 0 atom stereocenters. The van der Waals surface area contributed by atoms with Gasteiger partial charge >= 0.3 is 0 Å². The number of halogens is 1. The van der Waals surface area contributed by atoms with Gasteiger partial charge in [-0.2, -0.15) is 0 Å². The Bertz CT molecular complexity index is 172. The van der Waals surface area contributed by atoms with E-state index in [1.165, 1.54) is 51.5 Å². The minimum atomic E-state index is 0.816. The highest BCUT2D eigenvalue weighted by molar-refractivity contribution is 9.09. The third kappa shape index (κ3) is 6.78. The van der Waals surface area contributed by atoms with Crippen LogP contribution in [0.25, 0.3) is 0 Å². The smallest absolute Gasteiger partial charge is 0.0593 e. The van der Waals surface area contributed by atoms with Gasteiger partial charge in [-0.3, -0.25) is 4.90 Å². The minimum Gasteiger partial charge on any atom is -0.380 e. The summed E-state index contributed by atoms with van der Waals surface area (Å²) < 4.78 is 5.68. The van der Waals surface area contributed by atoms with Crippen LogP contribution >= 0.6 is 15.9 Å². The van der Waals surface area contributed by atoms with Crippen molar-refractivity contribution >= 4 is 15.9 Å². The Hall–Kier alpha value is 0.400. The summed E-state index contributed by atoms with van der Waals surface area (Å²) in [6.45, 7) is 6.33. The van der Waals surface area contributed by atoms with E-state index in [1.54, 1.807) is 0 Å². The van der Waals surface area contributed by atoms with Crippen molar-refractivity contribution in [3.63, 3.8) is 0 Å². The first-order valence-electron chi connectivity index (χ1n) is 7.26. The summed E-state index contributed by atoms with van der Waals surface area (Å²) in [5, 5.41) is 1.08. The highest BCUT2D eigenvalue weighted by Crippen LogP contribution is 2.22. The first kappa shape index (κ1) is 15.5. The first-order valence-corrected chi connectivity index (χ1v) is 8.38. The van der Waals surface area contributed by atoms with Crippen LogP contribution in [-0.2, 0) is 4.74 Å². The van der Waals surface area contributed by atoms with Gasteiger partial charge in [-0.05, 0) is 19.3 Å². The Balaban J connectivity index is 2.17. The van der Waals surface area contributed by atoms with Crippen molar-refractivity contribution in [3.05, 3.63) is 0 Å². The van der Waals surface area contributed by atoms with Crippen molar-refractivity contribution < 1.29 is 4.74 Å². The topological polar surface area (TPSA) is 12.5 Å². The van der Waals surface area contributed by atoms with Gasteiger partial charge in [-0.25, -0.2) is 0 Å². The van der Waals surface area contributed by atoms with Crippen molar-refractivity contribution in [1.29, 1.82) is 0 Å². The van der Waals surface area contributed by atoms with Crippen molar-refractivity contribution in [2.24, 2.45) is 0 Å². The Morgan fingerprint density at radius 3 is 2.53 bits per heavy atom. The average Bonchev–Trinajstić information content (AvgIpc) is 2.38. The van der Waals surface area contributed by atoms with E-state index in [-0.39, 0.29) is 0 Å². The van der Waals surface area contributed by atoms with Gasteiger partial charge in [0, 0.05) is 31.1 Å². The minimum absolute atomic E-state index is 0.816. The van der Waals surface area contributed by atoms with Crippen LogP contribution in [0.1, 0.15) is 51.9 Å². The fraction of sp³-hybridized carbons (Fsp3) is 1.00. The molecule has 0 aliphatic heterocycles. The highest BCUT2D eigenvalue weighted by atomic mass is 79.9. The van der Waals surface area contributed by atoms with Crippen LogP contribution in [0.4, 0.5) is 0 Å². The van der Waals surface area contributed by atoms with E-state index in [0.717, 1.165) is 31.1 Å². The number of hydrogen-bond acceptors (Lipinski definition) is 2. The molecule has 0 spiro atoms. The Labute approximate surface area is 115 Å². The van der Waals surface area contributed by atoms with Gasteiger partial charge in [-0.1, -0.05) is 48.5 Å². The second kappa shape index (κ2) is 10.3. The van der Waals surface area contributed by atoms with Gasteiger partial charge in [0.1, 0.15) is 0 Å². The number of ether oxygens (including phenoxy) is 1. The lowest BCUT2D eigenvalue weighted by Crippen LogP contribution is -2.40. The van der Waals surface area contributed by atoms with Gasteiger partial charge < -0.3 is 4.74 Å². The molecule has 0 bridgehead atoms. The van der Waals surface area contributed by atoms with E-state index in [4.69, 9.17) is 4.74 Å². The second-order valence-electron chi connectivity index (χ2n) is 4.98. The molecule has 1 rings (SSSR count). The molecular weight excluding hydrogens is 278 g/mol. The largest absolute Gasteiger partial charge is 0.380 e. The van der Waals surface area contributed by atoms with E-state index in [1.807, 2.05) is 0 Å². The molecule has 0 radical (unpaired) electrons. The van der Waals surface area contributed by atoms with E-state index >= 15 is 0 Å². The molecule has 3 heteroatoms. The van der Waals surface area contributed by atoms with E-state index < -0.39 is 0 Å². The highest BCUT2D eigenvalue weighted by Gasteiger charge is 2.19. The molecule has 2 nitrogen and oxygen atoms in total. The lowest BCUT2D eigenvalue weighted by molar-refractivity contribution is 0.0785. The summed E-state index contributed by atoms with van der Waals surface area (Å²) in [6, 6.07) is 0.816. The summed E-state index contributed by atoms with van der Waals surface area (Å²) >= 11 is 3.57. The number of hydrogen-bond donors (Lipinski definition) is 0.